The fraction of sp³-hybridized carbons (Fsp3) is 0.727. The van der Waals surface area contributed by atoms with E-state index in [0.717, 1.165) is 5.82 Å². The first-order valence-electron chi connectivity index (χ1n) is 5.23. The van der Waals surface area contributed by atoms with E-state index in [-0.39, 0.29) is 11.6 Å². The van der Waals surface area contributed by atoms with Crippen LogP contribution in [0.15, 0.2) is 12.4 Å². The molecule has 0 aliphatic heterocycles. The van der Waals surface area contributed by atoms with Crippen molar-refractivity contribution < 1.29 is 0 Å². The number of nitrogens with zero attached hydrogens (tertiary/aromatic N) is 3. The Kier molecular flexibility index (Phi) is 3.52. The van der Waals surface area contributed by atoms with Crippen LogP contribution in [0.25, 0.3) is 0 Å². The summed E-state index contributed by atoms with van der Waals surface area (Å²) in [6.45, 7) is 4.42. The quantitative estimate of drug-likeness (QED) is 0.805. The van der Waals surface area contributed by atoms with Gasteiger partial charge in [0.05, 0.1) is 6.04 Å². The Balaban J connectivity index is 3.04. The number of hydrogen-bond donors (Lipinski definition) is 1. The number of aromatic nitrogens is 2. The molecule has 4 nitrogen and oxygen atoms in total. The molecule has 1 rings (SSSR count). The first-order valence-corrected chi connectivity index (χ1v) is 5.23. The van der Waals surface area contributed by atoms with E-state index in [9.17, 15) is 0 Å². The molecular formula is C11H22N4. The zero-order chi connectivity index (χ0) is 11.6. The minimum absolute atomic E-state index is 0.0217. The third kappa shape index (κ3) is 2.21. The molecule has 0 saturated heterocycles. The Morgan fingerprint density at radius 3 is 2.40 bits per heavy atom. The molecule has 1 N–H and O–H groups in total. The monoisotopic (exact) mass is 210 g/mol. The fourth-order valence-corrected chi connectivity index (χ4v) is 1.71. The van der Waals surface area contributed by atoms with Gasteiger partial charge >= 0.3 is 0 Å². The van der Waals surface area contributed by atoms with Gasteiger partial charge in [0, 0.05) is 25.0 Å². The lowest BCUT2D eigenvalue weighted by Gasteiger charge is -2.39. The van der Waals surface area contributed by atoms with Crippen molar-refractivity contribution in [2.75, 3.05) is 21.1 Å². The van der Waals surface area contributed by atoms with Gasteiger partial charge in [0.1, 0.15) is 5.82 Å². The number of likely N-dealkylation sites (N-methyl/N-ethyl adjacent to an activating group) is 2. The van der Waals surface area contributed by atoms with E-state index in [1.807, 2.05) is 26.5 Å². The van der Waals surface area contributed by atoms with E-state index < -0.39 is 0 Å². The van der Waals surface area contributed by atoms with Crippen molar-refractivity contribution in [1.29, 1.82) is 0 Å². The smallest absolute Gasteiger partial charge is 0.127 e. The van der Waals surface area contributed by atoms with E-state index in [0.29, 0.717) is 0 Å². The van der Waals surface area contributed by atoms with Crippen LogP contribution in [0, 0.1) is 0 Å². The van der Waals surface area contributed by atoms with Crippen molar-refractivity contribution in [2.45, 2.75) is 25.4 Å². The second kappa shape index (κ2) is 4.33. The summed E-state index contributed by atoms with van der Waals surface area (Å²) in [6, 6.07) is 0.215. The summed E-state index contributed by atoms with van der Waals surface area (Å²) in [7, 11) is 8.18. The zero-order valence-electron chi connectivity index (χ0n) is 10.6. The average molecular weight is 210 g/mol. The highest BCUT2D eigenvalue weighted by molar-refractivity contribution is 5.07. The molecule has 0 spiro atoms. The van der Waals surface area contributed by atoms with Crippen LogP contribution in [-0.2, 0) is 7.05 Å². The van der Waals surface area contributed by atoms with Crippen LogP contribution >= 0.6 is 0 Å². The SMILES string of the molecule is CNC(c1nccn1C)C(C)(C)N(C)C. The van der Waals surface area contributed by atoms with E-state index in [1.54, 1.807) is 0 Å². The van der Waals surface area contributed by atoms with Crippen molar-refractivity contribution in [2.24, 2.45) is 7.05 Å². The van der Waals surface area contributed by atoms with Crippen LogP contribution in [0.4, 0.5) is 0 Å². The largest absolute Gasteiger partial charge is 0.337 e. The van der Waals surface area contributed by atoms with Gasteiger partial charge < -0.3 is 14.8 Å². The second-order valence-corrected chi connectivity index (χ2v) is 4.67. The molecule has 1 heterocycles. The van der Waals surface area contributed by atoms with E-state index >= 15 is 0 Å². The van der Waals surface area contributed by atoms with Gasteiger partial charge in [0.2, 0.25) is 0 Å². The molecule has 0 aliphatic rings. The summed E-state index contributed by atoms with van der Waals surface area (Å²) in [5.74, 6) is 1.07. The molecule has 1 unspecified atom stereocenters. The molecular weight excluding hydrogens is 188 g/mol. The Bertz CT molecular complexity index is 314. The van der Waals surface area contributed by atoms with Crippen LogP contribution in [0.2, 0.25) is 0 Å². The molecule has 4 heteroatoms. The summed E-state index contributed by atoms with van der Waals surface area (Å²) >= 11 is 0. The Labute approximate surface area is 92.3 Å². The molecule has 15 heavy (non-hydrogen) atoms. The Hall–Kier alpha value is -0.870. The van der Waals surface area contributed by atoms with Crippen LogP contribution in [0.1, 0.15) is 25.7 Å². The number of aryl methyl sites for hydroxylation is 1. The first kappa shape index (κ1) is 12.2. The summed E-state index contributed by atoms with van der Waals surface area (Å²) < 4.78 is 2.06. The minimum Gasteiger partial charge on any atom is -0.337 e. The second-order valence-electron chi connectivity index (χ2n) is 4.67. The van der Waals surface area contributed by atoms with Crippen LogP contribution in [0.3, 0.4) is 0 Å². The average Bonchev–Trinajstić information content (AvgIpc) is 2.53. The first-order chi connectivity index (χ1) is 6.91. The van der Waals surface area contributed by atoms with Gasteiger partial charge in [-0.3, -0.25) is 0 Å². The third-order valence-electron chi connectivity index (χ3n) is 3.26. The zero-order valence-corrected chi connectivity index (χ0v) is 10.6. The number of rotatable bonds is 4. The van der Waals surface area contributed by atoms with Gasteiger partial charge in [-0.25, -0.2) is 4.98 Å². The summed E-state index contributed by atoms with van der Waals surface area (Å²) in [4.78, 5) is 6.62. The number of nitrogens with one attached hydrogen (secondary N) is 1. The van der Waals surface area contributed by atoms with E-state index in [2.05, 4.69) is 47.7 Å². The highest BCUT2D eigenvalue weighted by Crippen LogP contribution is 2.27. The van der Waals surface area contributed by atoms with Crippen LogP contribution in [-0.4, -0.2) is 41.1 Å². The third-order valence-corrected chi connectivity index (χ3v) is 3.26. The van der Waals surface area contributed by atoms with Crippen LogP contribution < -0.4 is 5.32 Å². The maximum Gasteiger partial charge on any atom is 0.127 e. The van der Waals surface area contributed by atoms with Crippen molar-refractivity contribution >= 4 is 0 Å². The molecule has 1 atom stereocenters. The molecule has 1 aromatic heterocycles. The number of imidazole rings is 1. The van der Waals surface area contributed by atoms with Crippen molar-refractivity contribution in [1.82, 2.24) is 19.8 Å². The maximum absolute atomic E-state index is 4.41. The summed E-state index contributed by atoms with van der Waals surface area (Å²) in [5.41, 5.74) is 0.0217. The van der Waals surface area contributed by atoms with Crippen molar-refractivity contribution in [3.8, 4) is 0 Å². The van der Waals surface area contributed by atoms with Gasteiger partial charge in [-0.15, -0.1) is 0 Å². The van der Waals surface area contributed by atoms with Crippen molar-refractivity contribution in [3.63, 3.8) is 0 Å². The van der Waals surface area contributed by atoms with Gasteiger partial charge in [-0.1, -0.05) is 0 Å². The predicted octanol–water partition coefficient (Wildman–Crippen LogP) is 1.02. The lowest BCUT2D eigenvalue weighted by molar-refractivity contribution is 0.136. The molecule has 0 fully saturated rings. The van der Waals surface area contributed by atoms with Gasteiger partial charge in [0.15, 0.2) is 0 Å². The topological polar surface area (TPSA) is 33.1 Å². The standard InChI is InChI=1S/C11H22N4/c1-11(2,14(4)5)9(12-3)10-13-7-8-15(10)6/h7-9,12H,1-6H3. The maximum atomic E-state index is 4.41. The normalized spacial score (nSPS) is 14.6. The van der Waals surface area contributed by atoms with Gasteiger partial charge in [0.25, 0.3) is 0 Å². The van der Waals surface area contributed by atoms with Crippen LogP contribution in [0.5, 0.6) is 0 Å². The Morgan fingerprint density at radius 1 is 1.47 bits per heavy atom. The molecule has 0 amide bonds. The van der Waals surface area contributed by atoms with E-state index in [1.165, 1.54) is 0 Å². The summed E-state index contributed by atoms with van der Waals surface area (Å²) in [5, 5.41) is 3.34. The molecule has 0 saturated carbocycles. The number of hydrogen-bond acceptors (Lipinski definition) is 3. The molecule has 0 aromatic carbocycles. The van der Waals surface area contributed by atoms with Gasteiger partial charge in [-0.05, 0) is 35.0 Å². The molecule has 0 aliphatic carbocycles. The molecule has 0 bridgehead atoms. The van der Waals surface area contributed by atoms with E-state index in [4.69, 9.17) is 0 Å². The highest BCUT2D eigenvalue weighted by Gasteiger charge is 2.33. The lowest BCUT2D eigenvalue weighted by Crippen LogP contribution is -2.49. The Morgan fingerprint density at radius 2 is 2.07 bits per heavy atom. The molecule has 1 aromatic rings. The van der Waals surface area contributed by atoms with Gasteiger partial charge in [-0.2, -0.15) is 0 Å². The molecule has 0 radical (unpaired) electrons. The lowest BCUT2D eigenvalue weighted by atomic mass is 9.92. The molecule has 86 valence electrons. The minimum atomic E-state index is 0.0217. The highest BCUT2D eigenvalue weighted by atomic mass is 15.2. The van der Waals surface area contributed by atoms with Crippen molar-refractivity contribution in [3.05, 3.63) is 18.2 Å². The fourth-order valence-electron chi connectivity index (χ4n) is 1.71. The summed E-state index contributed by atoms with van der Waals surface area (Å²) in [6.07, 6.45) is 3.82. The predicted molar refractivity (Wildman–Crippen MR) is 62.8 cm³/mol.